The second-order valence-corrected chi connectivity index (χ2v) is 5.45. The van der Waals surface area contributed by atoms with E-state index >= 15 is 0 Å². The second kappa shape index (κ2) is 8.53. The van der Waals surface area contributed by atoms with Crippen LogP contribution in [0, 0.1) is 0 Å². The minimum absolute atomic E-state index is 0.0961. The number of anilines is 1. The average Bonchev–Trinajstić information content (AvgIpc) is 2.61. The number of hydrogen-bond acceptors (Lipinski definition) is 3. The molecule has 0 radical (unpaired) electrons. The number of carbonyl (C=O) groups is 1. The minimum Gasteiger partial charge on any atom is -0.435 e. The fourth-order valence-electron chi connectivity index (χ4n) is 2.00. The van der Waals surface area contributed by atoms with Crippen LogP contribution in [-0.2, 0) is 0 Å². The summed E-state index contributed by atoms with van der Waals surface area (Å²) in [5.74, 6) is -1.69. The van der Waals surface area contributed by atoms with E-state index in [1.54, 1.807) is 0 Å². The van der Waals surface area contributed by atoms with Crippen molar-refractivity contribution in [3.8, 4) is 11.5 Å². The standard InChI is InChI=1S/C17H11F8NO3/c18-14(16(21,22)23)17(24,25)29-12-5-1-9(2-6-12)13(27)26-10-3-7-11(8-4-10)28-15(19)20/h1-8,14-15H,(H,26,27)/t14-/m1/s1. The van der Waals surface area contributed by atoms with E-state index in [-0.39, 0.29) is 17.0 Å². The Labute approximate surface area is 158 Å². The molecule has 12 heteroatoms. The summed E-state index contributed by atoms with van der Waals surface area (Å²) in [6.07, 6.45) is -15.5. The first-order chi connectivity index (χ1) is 13.4. The molecule has 2 aromatic carbocycles. The number of carbonyl (C=O) groups excluding carboxylic acids is 1. The van der Waals surface area contributed by atoms with Crippen LogP contribution in [0.1, 0.15) is 10.4 Å². The Morgan fingerprint density at radius 1 is 0.828 bits per heavy atom. The van der Waals surface area contributed by atoms with E-state index in [2.05, 4.69) is 14.8 Å². The third kappa shape index (κ3) is 6.22. The monoisotopic (exact) mass is 429 g/mol. The SMILES string of the molecule is O=C(Nc1ccc(OC(F)F)cc1)c1ccc(OC(F)(F)[C@H](F)C(F)(F)F)cc1. The highest BCUT2D eigenvalue weighted by atomic mass is 19.4. The molecule has 1 atom stereocenters. The zero-order valence-corrected chi connectivity index (χ0v) is 14.0. The lowest BCUT2D eigenvalue weighted by molar-refractivity contribution is -0.304. The molecular weight excluding hydrogens is 418 g/mol. The van der Waals surface area contributed by atoms with Crippen LogP contribution in [0.5, 0.6) is 11.5 Å². The summed E-state index contributed by atoms with van der Waals surface area (Å²) in [4.78, 5) is 12.1. The first-order valence-corrected chi connectivity index (χ1v) is 7.62. The molecule has 1 N–H and O–H groups in total. The number of alkyl halides is 8. The Kier molecular flexibility index (Phi) is 6.55. The summed E-state index contributed by atoms with van der Waals surface area (Å²) in [7, 11) is 0. The van der Waals surface area contributed by atoms with Crippen molar-refractivity contribution in [1.82, 2.24) is 0 Å². The highest BCUT2D eigenvalue weighted by Gasteiger charge is 2.59. The molecular formula is C17H11F8NO3. The van der Waals surface area contributed by atoms with Gasteiger partial charge in [0.15, 0.2) is 0 Å². The fraction of sp³-hybridized carbons (Fsp3) is 0.235. The van der Waals surface area contributed by atoms with E-state index in [0.717, 1.165) is 36.4 Å². The Morgan fingerprint density at radius 2 is 1.34 bits per heavy atom. The summed E-state index contributed by atoms with van der Waals surface area (Å²) in [6, 6.07) is 8.25. The maximum absolute atomic E-state index is 13.2. The van der Waals surface area contributed by atoms with Crippen LogP contribution in [0.4, 0.5) is 40.8 Å². The van der Waals surface area contributed by atoms with Crippen LogP contribution in [0.2, 0.25) is 0 Å². The van der Waals surface area contributed by atoms with Crippen molar-refractivity contribution in [2.24, 2.45) is 0 Å². The van der Waals surface area contributed by atoms with E-state index in [1.165, 1.54) is 12.1 Å². The Morgan fingerprint density at radius 3 is 1.83 bits per heavy atom. The van der Waals surface area contributed by atoms with Crippen molar-refractivity contribution in [2.75, 3.05) is 5.32 Å². The van der Waals surface area contributed by atoms with Gasteiger partial charge in [0.25, 0.3) is 12.1 Å². The number of nitrogens with one attached hydrogen (secondary N) is 1. The molecule has 0 aliphatic carbocycles. The van der Waals surface area contributed by atoms with Gasteiger partial charge in [-0.05, 0) is 48.5 Å². The van der Waals surface area contributed by atoms with E-state index in [1.807, 2.05) is 0 Å². The number of amides is 1. The van der Waals surface area contributed by atoms with Crippen LogP contribution in [0.25, 0.3) is 0 Å². The molecule has 0 fully saturated rings. The molecule has 0 bridgehead atoms. The molecule has 0 aliphatic heterocycles. The van der Waals surface area contributed by atoms with Crippen LogP contribution < -0.4 is 14.8 Å². The molecule has 0 spiro atoms. The molecule has 0 unspecified atom stereocenters. The Hall–Kier alpha value is -3.05. The predicted octanol–water partition coefficient (Wildman–Crippen LogP) is 5.41. The normalized spacial score (nSPS) is 13.1. The van der Waals surface area contributed by atoms with Gasteiger partial charge in [0.1, 0.15) is 11.5 Å². The predicted molar refractivity (Wildman–Crippen MR) is 84.0 cm³/mol. The van der Waals surface area contributed by atoms with Gasteiger partial charge >= 0.3 is 18.9 Å². The first kappa shape index (κ1) is 22.2. The molecule has 0 saturated heterocycles. The van der Waals surface area contributed by atoms with Crippen molar-refractivity contribution in [1.29, 1.82) is 0 Å². The maximum atomic E-state index is 13.2. The van der Waals surface area contributed by atoms with Gasteiger partial charge in [-0.15, -0.1) is 0 Å². The van der Waals surface area contributed by atoms with Crippen molar-refractivity contribution >= 4 is 11.6 Å². The van der Waals surface area contributed by atoms with Gasteiger partial charge in [0.2, 0.25) is 0 Å². The molecule has 1 amide bonds. The van der Waals surface area contributed by atoms with Crippen LogP contribution in [0.3, 0.4) is 0 Å². The van der Waals surface area contributed by atoms with E-state index in [9.17, 15) is 39.9 Å². The highest BCUT2D eigenvalue weighted by molar-refractivity contribution is 6.04. The van der Waals surface area contributed by atoms with Crippen molar-refractivity contribution in [3.63, 3.8) is 0 Å². The Bertz CT molecular complexity index is 822. The number of ether oxygens (including phenoxy) is 2. The molecule has 2 aromatic rings. The van der Waals surface area contributed by atoms with Crippen LogP contribution >= 0.6 is 0 Å². The maximum Gasteiger partial charge on any atom is 0.439 e. The first-order valence-electron chi connectivity index (χ1n) is 7.62. The molecule has 0 aliphatic rings. The number of halogens is 8. The number of benzene rings is 2. The highest BCUT2D eigenvalue weighted by Crippen LogP contribution is 2.36. The molecule has 0 aromatic heterocycles. The van der Waals surface area contributed by atoms with Crippen molar-refractivity contribution < 1.29 is 49.4 Å². The number of hydrogen-bond donors (Lipinski definition) is 1. The van der Waals surface area contributed by atoms with Gasteiger partial charge in [-0.2, -0.15) is 30.7 Å². The molecule has 158 valence electrons. The fourth-order valence-corrected chi connectivity index (χ4v) is 2.00. The minimum atomic E-state index is -5.82. The third-order valence-corrected chi connectivity index (χ3v) is 3.29. The quantitative estimate of drug-likeness (QED) is 0.599. The molecule has 2 rings (SSSR count). The smallest absolute Gasteiger partial charge is 0.435 e. The lowest BCUT2D eigenvalue weighted by Crippen LogP contribution is -2.45. The molecule has 4 nitrogen and oxygen atoms in total. The summed E-state index contributed by atoms with van der Waals surface area (Å²) in [6.45, 7) is -3.02. The summed E-state index contributed by atoms with van der Waals surface area (Å²) >= 11 is 0. The molecule has 29 heavy (non-hydrogen) atoms. The van der Waals surface area contributed by atoms with E-state index in [4.69, 9.17) is 0 Å². The average molecular weight is 429 g/mol. The van der Waals surface area contributed by atoms with Gasteiger partial charge in [-0.25, -0.2) is 4.39 Å². The van der Waals surface area contributed by atoms with Crippen molar-refractivity contribution in [3.05, 3.63) is 54.1 Å². The van der Waals surface area contributed by atoms with Gasteiger partial charge in [-0.3, -0.25) is 4.79 Å². The van der Waals surface area contributed by atoms with E-state index < -0.39 is 36.7 Å². The summed E-state index contributed by atoms with van der Waals surface area (Å²) in [5, 5.41) is 2.36. The lowest BCUT2D eigenvalue weighted by Gasteiger charge is -2.23. The van der Waals surface area contributed by atoms with E-state index in [0.29, 0.717) is 0 Å². The second-order valence-electron chi connectivity index (χ2n) is 5.45. The zero-order chi connectivity index (χ0) is 21.8. The zero-order valence-electron chi connectivity index (χ0n) is 14.0. The van der Waals surface area contributed by atoms with Crippen molar-refractivity contribution in [2.45, 2.75) is 25.1 Å². The van der Waals surface area contributed by atoms with Gasteiger partial charge in [-0.1, -0.05) is 0 Å². The molecule has 0 saturated carbocycles. The van der Waals surface area contributed by atoms with Gasteiger partial charge < -0.3 is 14.8 Å². The largest absolute Gasteiger partial charge is 0.439 e. The third-order valence-electron chi connectivity index (χ3n) is 3.29. The van der Waals surface area contributed by atoms with Gasteiger partial charge in [0, 0.05) is 11.3 Å². The van der Waals surface area contributed by atoms with Crippen LogP contribution in [-0.4, -0.2) is 31.0 Å². The summed E-state index contributed by atoms with van der Waals surface area (Å²) < 4.78 is 107. The number of rotatable bonds is 7. The topological polar surface area (TPSA) is 47.6 Å². The Balaban J connectivity index is 2.01. The van der Waals surface area contributed by atoms with Crippen LogP contribution in [0.15, 0.2) is 48.5 Å². The lowest BCUT2D eigenvalue weighted by atomic mass is 10.2. The van der Waals surface area contributed by atoms with Gasteiger partial charge in [0.05, 0.1) is 0 Å². The summed E-state index contributed by atoms with van der Waals surface area (Å²) in [5.41, 5.74) is 0.0927. The molecule has 0 heterocycles.